The van der Waals surface area contributed by atoms with Gasteiger partial charge in [-0.2, -0.15) is 0 Å². The van der Waals surface area contributed by atoms with E-state index in [0.717, 1.165) is 6.42 Å². The molecule has 3 rings (SSSR count). The zero-order valence-corrected chi connectivity index (χ0v) is 13.6. The molecule has 1 aliphatic heterocycles. The van der Waals surface area contributed by atoms with E-state index in [1.807, 2.05) is 0 Å². The number of aryl methyl sites for hydroxylation is 1. The number of hydrogen-bond acceptors (Lipinski definition) is 2. The second-order valence-corrected chi connectivity index (χ2v) is 7.16. The number of likely N-dealkylation sites (tertiary alicyclic amines) is 1. The average Bonchev–Trinajstić information content (AvgIpc) is 2.85. The van der Waals surface area contributed by atoms with Crippen molar-refractivity contribution < 1.29 is 23.5 Å². The molecule has 1 aliphatic carbocycles. The predicted octanol–water partition coefficient (Wildman–Crippen LogP) is 3.18. The number of halogens is 2. The van der Waals surface area contributed by atoms with Crippen molar-refractivity contribution in [1.82, 2.24) is 4.90 Å². The van der Waals surface area contributed by atoms with Gasteiger partial charge in [0.05, 0.1) is 12.0 Å². The minimum absolute atomic E-state index is 0.0827. The van der Waals surface area contributed by atoms with Gasteiger partial charge in [-0.05, 0) is 43.0 Å². The number of alkyl halides is 1. The van der Waals surface area contributed by atoms with Crippen LogP contribution in [-0.4, -0.2) is 35.0 Å². The zero-order chi connectivity index (χ0) is 17.5. The van der Waals surface area contributed by atoms with Gasteiger partial charge in [-0.15, -0.1) is 0 Å². The smallest absolute Gasteiger partial charge is 0.310 e. The molecule has 1 unspecified atom stereocenters. The number of nitrogens with zero attached hydrogens (tertiary/aromatic N) is 1. The van der Waals surface area contributed by atoms with Crippen LogP contribution in [0.3, 0.4) is 0 Å². The van der Waals surface area contributed by atoms with Crippen molar-refractivity contribution in [3.05, 3.63) is 35.1 Å². The van der Waals surface area contributed by atoms with Crippen LogP contribution < -0.4 is 0 Å². The number of rotatable bonds is 4. The van der Waals surface area contributed by atoms with E-state index in [-0.39, 0.29) is 37.4 Å². The number of carbonyl (C=O) groups is 2. The van der Waals surface area contributed by atoms with Crippen molar-refractivity contribution in [1.29, 1.82) is 0 Å². The third kappa shape index (κ3) is 2.89. The molecule has 4 nitrogen and oxygen atoms in total. The van der Waals surface area contributed by atoms with Crippen LogP contribution in [0.15, 0.2) is 18.2 Å². The molecule has 0 bridgehead atoms. The van der Waals surface area contributed by atoms with Gasteiger partial charge in [-0.3, -0.25) is 9.59 Å². The highest BCUT2D eigenvalue weighted by molar-refractivity contribution is 5.86. The third-order valence-electron chi connectivity index (χ3n) is 5.39. The Hall–Kier alpha value is -1.98. The van der Waals surface area contributed by atoms with Crippen LogP contribution in [0.2, 0.25) is 0 Å². The molecule has 1 heterocycles. The van der Waals surface area contributed by atoms with Crippen LogP contribution >= 0.6 is 0 Å². The Balaban J connectivity index is 1.72. The molecule has 1 atom stereocenters. The molecular weight excluding hydrogens is 316 g/mol. The van der Waals surface area contributed by atoms with Gasteiger partial charge < -0.3 is 10.0 Å². The predicted molar refractivity (Wildman–Crippen MR) is 83.7 cm³/mol. The lowest BCUT2D eigenvalue weighted by Crippen LogP contribution is -2.43. The maximum Gasteiger partial charge on any atom is 0.310 e. The summed E-state index contributed by atoms with van der Waals surface area (Å²) in [6, 6.07) is 4.10. The molecule has 2 fully saturated rings. The van der Waals surface area contributed by atoms with Crippen molar-refractivity contribution in [2.75, 3.05) is 13.1 Å². The lowest BCUT2D eigenvalue weighted by Gasteiger charge is -2.38. The fourth-order valence-corrected chi connectivity index (χ4v) is 3.69. The first-order valence-corrected chi connectivity index (χ1v) is 8.22. The summed E-state index contributed by atoms with van der Waals surface area (Å²) >= 11 is 0. The van der Waals surface area contributed by atoms with E-state index in [4.69, 9.17) is 0 Å². The van der Waals surface area contributed by atoms with Crippen LogP contribution in [0.5, 0.6) is 0 Å². The third-order valence-corrected chi connectivity index (χ3v) is 5.39. The molecule has 0 aromatic heterocycles. The first kappa shape index (κ1) is 16.9. The van der Waals surface area contributed by atoms with Gasteiger partial charge >= 0.3 is 5.97 Å². The van der Waals surface area contributed by atoms with Gasteiger partial charge in [0.25, 0.3) is 0 Å². The molecule has 1 saturated heterocycles. The van der Waals surface area contributed by atoms with E-state index in [1.165, 1.54) is 17.0 Å². The molecule has 1 aromatic rings. The maximum absolute atomic E-state index is 15.2. The summed E-state index contributed by atoms with van der Waals surface area (Å²) in [6.45, 7) is 1.77. The topological polar surface area (TPSA) is 57.6 Å². The Labute approximate surface area is 139 Å². The quantitative estimate of drug-likeness (QED) is 0.918. The molecule has 0 radical (unpaired) electrons. The Morgan fingerprint density at radius 3 is 2.50 bits per heavy atom. The monoisotopic (exact) mass is 337 g/mol. The Morgan fingerprint density at radius 1 is 1.25 bits per heavy atom. The highest BCUT2D eigenvalue weighted by atomic mass is 19.1. The van der Waals surface area contributed by atoms with Crippen LogP contribution in [-0.2, 0) is 15.3 Å². The van der Waals surface area contributed by atoms with Gasteiger partial charge in [0.15, 0.2) is 5.67 Å². The van der Waals surface area contributed by atoms with E-state index >= 15 is 4.39 Å². The second kappa shape index (κ2) is 5.83. The maximum atomic E-state index is 15.2. The van der Waals surface area contributed by atoms with Gasteiger partial charge in [-0.1, -0.05) is 12.5 Å². The van der Waals surface area contributed by atoms with Crippen molar-refractivity contribution in [3.63, 3.8) is 0 Å². The summed E-state index contributed by atoms with van der Waals surface area (Å²) in [5.74, 6) is -1.77. The van der Waals surface area contributed by atoms with E-state index in [9.17, 15) is 19.1 Å². The molecule has 24 heavy (non-hydrogen) atoms. The van der Waals surface area contributed by atoms with E-state index in [1.54, 1.807) is 13.0 Å². The number of aliphatic carboxylic acids is 1. The number of benzene rings is 1. The van der Waals surface area contributed by atoms with Gasteiger partial charge in [0, 0.05) is 19.4 Å². The number of hydrogen-bond donors (Lipinski definition) is 1. The zero-order valence-electron chi connectivity index (χ0n) is 13.6. The molecular formula is C18H21F2NO3. The summed E-state index contributed by atoms with van der Waals surface area (Å²) in [5.41, 5.74) is -1.88. The van der Waals surface area contributed by atoms with Gasteiger partial charge in [0.1, 0.15) is 5.82 Å². The number of carboxylic acids is 1. The largest absolute Gasteiger partial charge is 0.481 e. The molecule has 1 saturated carbocycles. The molecule has 2 aliphatic rings. The standard InChI is InChI=1S/C18H21F2NO3/c1-12-7-13(9-14(19)8-12)18(20)5-6-21(11-18)15(22)10-17(16(23)24)3-2-4-17/h7-9H,2-6,10-11H2,1H3,(H,23,24). The summed E-state index contributed by atoms with van der Waals surface area (Å²) < 4.78 is 28.8. The number of amides is 1. The summed E-state index contributed by atoms with van der Waals surface area (Å²) in [4.78, 5) is 25.2. The second-order valence-electron chi connectivity index (χ2n) is 7.16. The van der Waals surface area contributed by atoms with Crippen LogP contribution in [0, 0.1) is 18.2 Å². The first-order chi connectivity index (χ1) is 11.2. The molecule has 1 amide bonds. The van der Waals surface area contributed by atoms with E-state index < -0.39 is 22.9 Å². The van der Waals surface area contributed by atoms with Crippen molar-refractivity contribution in [2.24, 2.45) is 5.41 Å². The van der Waals surface area contributed by atoms with Gasteiger partial charge in [0.2, 0.25) is 5.91 Å². The van der Waals surface area contributed by atoms with E-state index in [2.05, 4.69) is 0 Å². The van der Waals surface area contributed by atoms with Crippen LogP contribution in [0.25, 0.3) is 0 Å². The lowest BCUT2D eigenvalue weighted by atomic mass is 9.66. The SMILES string of the molecule is Cc1cc(F)cc(C2(F)CCN(C(=O)CC3(C(=O)O)CCC3)C2)c1. The molecule has 1 N–H and O–H groups in total. The fraction of sp³-hybridized carbons (Fsp3) is 0.556. The van der Waals surface area contributed by atoms with Crippen molar-refractivity contribution in [2.45, 2.75) is 44.7 Å². The lowest BCUT2D eigenvalue weighted by molar-refractivity contribution is -0.159. The number of carboxylic acid groups (broad SMARTS) is 1. The molecule has 0 spiro atoms. The Morgan fingerprint density at radius 2 is 1.96 bits per heavy atom. The van der Waals surface area contributed by atoms with Crippen LogP contribution in [0.1, 0.15) is 43.2 Å². The summed E-state index contributed by atoms with van der Waals surface area (Å²) in [5, 5.41) is 9.33. The van der Waals surface area contributed by atoms with Crippen molar-refractivity contribution >= 4 is 11.9 Å². The average molecular weight is 337 g/mol. The highest BCUT2D eigenvalue weighted by Gasteiger charge is 2.49. The van der Waals surface area contributed by atoms with Crippen molar-refractivity contribution in [3.8, 4) is 0 Å². The molecule has 6 heteroatoms. The molecule has 1 aromatic carbocycles. The Kier molecular flexibility index (Phi) is 4.10. The number of carbonyl (C=O) groups excluding carboxylic acids is 1. The molecule has 130 valence electrons. The van der Waals surface area contributed by atoms with E-state index in [0.29, 0.717) is 18.4 Å². The summed E-state index contributed by atoms with van der Waals surface area (Å²) in [7, 11) is 0. The van der Waals surface area contributed by atoms with Crippen LogP contribution in [0.4, 0.5) is 8.78 Å². The summed E-state index contributed by atoms with van der Waals surface area (Å²) in [6.07, 6.45) is 1.80. The normalized spacial score (nSPS) is 25.4. The first-order valence-electron chi connectivity index (χ1n) is 8.22. The highest BCUT2D eigenvalue weighted by Crippen LogP contribution is 2.45. The Bertz CT molecular complexity index is 667. The van der Waals surface area contributed by atoms with Gasteiger partial charge in [-0.25, -0.2) is 8.78 Å². The fourth-order valence-electron chi connectivity index (χ4n) is 3.69. The minimum atomic E-state index is -1.78. The minimum Gasteiger partial charge on any atom is -0.481 e.